The van der Waals surface area contributed by atoms with Gasteiger partial charge >= 0.3 is 0 Å². The molecule has 2 nitrogen and oxygen atoms in total. The monoisotopic (exact) mass is 322 g/mol. The van der Waals surface area contributed by atoms with Crippen molar-refractivity contribution in [1.82, 2.24) is 0 Å². The summed E-state index contributed by atoms with van der Waals surface area (Å²) < 4.78 is 0. The predicted octanol–water partition coefficient (Wildman–Crippen LogP) is 4.58. The van der Waals surface area contributed by atoms with Crippen molar-refractivity contribution >= 4 is 34.6 Å². The number of hydrogen-bond acceptors (Lipinski definition) is 2. The van der Waals surface area contributed by atoms with Crippen LogP contribution in [0.4, 0.5) is 11.4 Å². The number of benzene rings is 2. The summed E-state index contributed by atoms with van der Waals surface area (Å²) in [6.45, 7) is 2.45. The Labute approximate surface area is 136 Å². The van der Waals surface area contributed by atoms with E-state index in [9.17, 15) is 0 Å². The quantitative estimate of drug-likeness (QED) is 0.715. The summed E-state index contributed by atoms with van der Waals surface area (Å²) >= 11 is 11.7. The van der Waals surface area contributed by atoms with Crippen LogP contribution in [-0.4, -0.2) is 24.8 Å². The molecule has 0 atom stereocenters. The van der Waals surface area contributed by atoms with Crippen LogP contribution in [0.15, 0.2) is 54.6 Å². The molecule has 0 bridgehead atoms. The molecule has 2 aromatic rings. The van der Waals surface area contributed by atoms with Crippen LogP contribution >= 0.6 is 23.2 Å². The summed E-state index contributed by atoms with van der Waals surface area (Å²) in [6, 6.07) is 18.7. The summed E-state index contributed by atoms with van der Waals surface area (Å²) in [7, 11) is 0. The van der Waals surface area contributed by atoms with E-state index in [1.807, 2.05) is 18.2 Å². The van der Waals surface area contributed by atoms with E-state index in [2.05, 4.69) is 46.6 Å². The Bertz CT molecular complexity index is 508. The van der Waals surface area contributed by atoms with Gasteiger partial charge in [0.15, 0.2) is 0 Å². The van der Waals surface area contributed by atoms with E-state index in [-0.39, 0.29) is 0 Å². The van der Waals surface area contributed by atoms with Crippen molar-refractivity contribution < 1.29 is 0 Å². The molecule has 0 aliphatic carbocycles. The van der Waals surface area contributed by atoms with Gasteiger partial charge in [0.2, 0.25) is 0 Å². The third-order valence-corrected chi connectivity index (χ3v) is 3.62. The molecule has 4 heteroatoms. The summed E-state index contributed by atoms with van der Waals surface area (Å²) in [5, 5.41) is 3.40. The Hall–Kier alpha value is -1.38. The van der Waals surface area contributed by atoms with Crippen molar-refractivity contribution in [2.45, 2.75) is 6.54 Å². The highest BCUT2D eigenvalue weighted by molar-refractivity contribution is 6.18. The topological polar surface area (TPSA) is 15.3 Å². The molecule has 1 N–H and O–H groups in total. The maximum absolute atomic E-state index is 5.84. The molecule has 0 unspecified atom stereocenters. The van der Waals surface area contributed by atoms with Gasteiger partial charge in [-0.05, 0) is 29.8 Å². The van der Waals surface area contributed by atoms with Crippen LogP contribution in [0.1, 0.15) is 5.56 Å². The van der Waals surface area contributed by atoms with Gasteiger partial charge in [-0.1, -0.05) is 30.3 Å². The van der Waals surface area contributed by atoms with Crippen LogP contribution in [-0.2, 0) is 6.54 Å². The fourth-order valence-electron chi connectivity index (χ4n) is 2.16. The molecule has 0 radical (unpaired) electrons. The van der Waals surface area contributed by atoms with Gasteiger partial charge in [-0.2, -0.15) is 0 Å². The Balaban J connectivity index is 1.94. The van der Waals surface area contributed by atoms with E-state index in [1.165, 1.54) is 11.3 Å². The molecule has 0 aliphatic rings. The largest absolute Gasteiger partial charge is 0.381 e. The van der Waals surface area contributed by atoms with Gasteiger partial charge in [0.25, 0.3) is 0 Å². The molecule has 2 rings (SSSR count). The second-order valence-corrected chi connectivity index (χ2v) is 5.51. The van der Waals surface area contributed by atoms with Crippen molar-refractivity contribution in [2.24, 2.45) is 0 Å². The lowest BCUT2D eigenvalue weighted by atomic mass is 10.2. The number of anilines is 2. The van der Waals surface area contributed by atoms with E-state index < -0.39 is 0 Å². The number of nitrogens with one attached hydrogen (secondary N) is 1. The van der Waals surface area contributed by atoms with Crippen LogP contribution < -0.4 is 10.2 Å². The lowest BCUT2D eigenvalue weighted by Gasteiger charge is -2.23. The zero-order valence-electron chi connectivity index (χ0n) is 11.9. The van der Waals surface area contributed by atoms with Crippen LogP contribution in [0.5, 0.6) is 0 Å². The van der Waals surface area contributed by atoms with Gasteiger partial charge in [0.05, 0.1) is 0 Å². The molecular formula is C17H20Cl2N2. The fourth-order valence-corrected chi connectivity index (χ4v) is 2.57. The van der Waals surface area contributed by atoms with E-state index in [4.69, 9.17) is 23.2 Å². The molecule has 112 valence electrons. The second kappa shape index (κ2) is 8.81. The molecule has 0 heterocycles. The molecule has 0 saturated heterocycles. The number of halogens is 2. The molecule has 21 heavy (non-hydrogen) atoms. The Morgan fingerprint density at radius 3 is 2.00 bits per heavy atom. The number of alkyl halides is 2. The lowest BCUT2D eigenvalue weighted by Crippen LogP contribution is -2.27. The Morgan fingerprint density at radius 1 is 0.810 bits per heavy atom. The molecule has 0 amide bonds. The first kappa shape index (κ1) is 16.0. The number of para-hydroxylation sites is 1. The molecule has 0 spiro atoms. The van der Waals surface area contributed by atoms with Crippen LogP contribution in [0.3, 0.4) is 0 Å². The Morgan fingerprint density at radius 2 is 1.43 bits per heavy atom. The summed E-state index contributed by atoms with van der Waals surface area (Å²) in [5.41, 5.74) is 3.55. The first-order chi connectivity index (χ1) is 10.3. The lowest BCUT2D eigenvalue weighted by molar-refractivity contribution is 0.873. The maximum atomic E-state index is 5.84. The van der Waals surface area contributed by atoms with Crippen LogP contribution in [0, 0.1) is 0 Å². The van der Waals surface area contributed by atoms with Crippen LogP contribution in [0.2, 0.25) is 0 Å². The summed E-state index contributed by atoms with van der Waals surface area (Å²) in [4.78, 5) is 2.20. The standard InChI is InChI=1S/C17H20Cl2N2/c18-10-12-21(13-11-19)17-8-6-15(7-9-17)14-20-16-4-2-1-3-5-16/h1-9,20H,10-14H2. The van der Waals surface area contributed by atoms with Gasteiger partial charge in [0.1, 0.15) is 0 Å². The van der Waals surface area contributed by atoms with Gasteiger partial charge in [-0.25, -0.2) is 0 Å². The minimum Gasteiger partial charge on any atom is -0.381 e. The number of rotatable bonds is 8. The predicted molar refractivity (Wildman–Crippen MR) is 93.9 cm³/mol. The second-order valence-electron chi connectivity index (χ2n) is 4.75. The average Bonchev–Trinajstić information content (AvgIpc) is 2.54. The Kier molecular flexibility index (Phi) is 6.71. The summed E-state index contributed by atoms with van der Waals surface area (Å²) in [5.74, 6) is 1.21. The average molecular weight is 323 g/mol. The SMILES string of the molecule is ClCCN(CCCl)c1ccc(CNc2ccccc2)cc1. The molecule has 0 aliphatic heterocycles. The molecular weight excluding hydrogens is 303 g/mol. The van der Waals surface area contributed by atoms with Crippen LogP contribution in [0.25, 0.3) is 0 Å². The molecule has 0 saturated carbocycles. The smallest absolute Gasteiger partial charge is 0.0400 e. The third kappa shape index (κ3) is 5.14. The van der Waals surface area contributed by atoms with E-state index >= 15 is 0 Å². The van der Waals surface area contributed by atoms with Crippen molar-refractivity contribution in [1.29, 1.82) is 0 Å². The molecule has 0 fully saturated rings. The normalized spacial score (nSPS) is 10.4. The fraction of sp³-hybridized carbons (Fsp3) is 0.294. The van der Waals surface area contributed by atoms with Crippen molar-refractivity contribution in [3.05, 3.63) is 60.2 Å². The van der Waals surface area contributed by atoms with Gasteiger partial charge in [-0.3, -0.25) is 0 Å². The van der Waals surface area contributed by atoms with Crippen molar-refractivity contribution in [3.8, 4) is 0 Å². The third-order valence-electron chi connectivity index (χ3n) is 3.28. The van der Waals surface area contributed by atoms with Gasteiger partial charge < -0.3 is 10.2 Å². The summed E-state index contributed by atoms with van der Waals surface area (Å²) in [6.07, 6.45) is 0. The first-order valence-electron chi connectivity index (χ1n) is 7.08. The van der Waals surface area contributed by atoms with Gasteiger partial charge in [-0.15, -0.1) is 23.2 Å². The number of hydrogen-bond donors (Lipinski definition) is 1. The minimum atomic E-state index is 0.605. The highest BCUT2D eigenvalue weighted by Gasteiger charge is 2.05. The highest BCUT2D eigenvalue weighted by Crippen LogP contribution is 2.16. The van der Waals surface area contributed by atoms with Gasteiger partial charge in [0, 0.05) is 42.8 Å². The first-order valence-corrected chi connectivity index (χ1v) is 8.15. The van der Waals surface area contributed by atoms with E-state index in [0.29, 0.717) is 11.8 Å². The zero-order valence-corrected chi connectivity index (χ0v) is 13.4. The zero-order chi connectivity index (χ0) is 14.9. The van der Waals surface area contributed by atoms with E-state index in [1.54, 1.807) is 0 Å². The molecule has 2 aromatic carbocycles. The number of nitrogens with zero attached hydrogens (tertiary/aromatic N) is 1. The minimum absolute atomic E-state index is 0.605. The van der Waals surface area contributed by atoms with E-state index in [0.717, 1.165) is 25.3 Å². The maximum Gasteiger partial charge on any atom is 0.0400 e. The van der Waals surface area contributed by atoms with Crippen molar-refractivity contribution in [3.63, 3.8) is 0 Å². The van der Waals surface area contributed by atoms with Crippen molar-refractivity contribution in [2.75, 3.05) is 35.1 Å². The highest BCUT2D eigenvalue weighted by atomic mass is 35.5. The molecule has 0 aromatic heterocycles.